The minimum atomic E-state index is -0.781. The maximum atomic E-state index is 13.0. The first-order valence-electron chi connectivity index (χ1n) is 6.03. The average Bonchev–Trinajstić information content (AvgIpc) is 2.43. The molecule has 3 nitrogen and oxygen atoms in total. The van der Waals surface area contributed by atoms with Gasteiger partial charge in [-0.1, -0.05) is 29.8 Å². The first kappa shape index (κ1) is 14.3. The molecule has 0 unspecified atom stereocenters. The Bertz CT molecular complexity index is 658. The Kier molecular flexibility index (Phi) is 4.25. The Labute approximate surface area is 121 Å². The van der Waals surface area contributed by atoms with Crippen molar-refractivity contribution in [2.45, 2.75) is 13.6 Å². The number of hydrogen-bond donors (Lipinski definition) is 2. The average molecular weight is 293 g/mol. The molecular weight excluding hydrogens is 279 g/mol. The van der Waals surface area contributed by atoms with Gasteiger partial charge in [0.15, 0.2) is 0 Å². The standard InChI is InChI=1S/C15H14ClFN2O/c1-9-4-2-3-5-14(9)19-15(20)11-7-13(18)12(16)6-10(11)8-17/h2-7H,8,18H2,1H3,(H,19,20). The molecule has 2 aromatic carbocycles. The highest BCUT2D eigenvalue weighted by atomic mass is 35.5. The van der Waals surface area contributed by atoms with Gasteiger partial charge in [-0.15, -0.1) is 0 Å². The molecule has 0 fully saturated rings. The van der Waals surface area contributed by atoms with Crippen LogP contribution in [0, 0.1) is 6.92 Å². The fraction of sp³-hybridized carbons (Fsp3) is 0.133. The number of carbonyl (C=O) groups is 1. The van der Waals surface area contributed by atoms with Gasteiger partial charge in [0.25, 0.3) is 5.91 Å². The van der Waals surface area contributed by atoms with E-state index in [2.05, 4.69) is 5.32 Å². The molecule has 104 valence electrons. The number of halogens is 2. The fourth-order valence-electron chi connectivity index (χ4n) is 1.86. The number of nitrogens with one attached hydrogen (secondary N) is 1. The molecule has 0 bridgehead atoms. The zero-order valence-corrected chi connectivity index (χ0v) is 11.7. The molecular formula is C15H14ClFN2O. The van der Waals surface area contributed by atoms with E-state index in [4.69, 9.17) is 17.3 Å². The van der Waals surface area contributed by atoms with E-state index in [0.717, 1.165) is 5.56 Å². The van der Waals surface area contributed by atoms with E-state index in [1.807, 2.05) is 25.1 Å². The van der Waals surface area contributed by atoms with Gasteiger partial charge in [0.05, 0.1) is 10.7 Å². The van der Waals surface area contributed by atoms with E-state index in [9.17, 15) is 9.18 Å². The van der Waals surface area contributed by atoms with E-state index in [1.54, 1.807) is 6.07 Å². The Hall–Kier alpha value is -2.07. The summed E-state index contributed by atoms with van der Waals surface area (Å²) in [5, 5.41) is 2.98. The van der Waals surface area contributed by atoms with Gasteiger partial charge < -0.3 is 11.1 Å². The van der Waals surface area contributed by atoms with Crippen molar-refractivity contribution in [3.63, 3.8) is 0 Å². The molecule has 0 aromatic heterocycles. The van der Waals surface area contributed by atoms with Crippen molar-refractivity contribution in [3.05, 3.63) is 58.1 Å². The first-order chi connectivity index (χ1) is 9.52. The fourth-order valence-corrected chi connectivity index (χ4v) is 2.04. The van der Waals surface area contributed by atoms with Gasteiger partial charge in [-0.3, -0.25) is 4.79 Å². The molecule has 0 heterocycles. The lowest BCUT2D eigenvalue weighted by atomic mass is 10.1. The Morgan fingerprint density at radius 2 is 2.05 bits per heavy atom. The summed E-state index contributed by atoms with van der Waals surface area (Å²) in [4.78, 5) is 12.2. The van der Waals surface area contributed by atoms with E-state index >= 15 is 0 Å². The summed E-state index contributed by atoms with van der Waals surface area (Å²) < 4.78 is 13.0. The zero-order chi connectivity index (χ0) is 14.7. The normalized spacial score (nSPS) is 10.3. The molecule has 0 radical (unpaired) electrons. The van der Waals surface area contributed by atoms with Crippen molar-refractivity contribution in [1.29, 1.82) is 0 Å². The van der Waals surface area contributed by atoms with Crippen molar-refractivity contribution >= 4 is 28.9 Å². The summed E-state index contributed by atoms with van der Waals surface area (Å²) in [6.45, 7) is 1.10. The van der Waals surface area contributed by atoms with Crippen LogP contribution in [0.5, 0.6) is 0 Å². The minimum absolute atomic E-state index is 0.192. The van der Waals surface area contributed by atoms with E-state index in [-0.39, 0.29) is 21.8 Å². The third kappa shape index (κ3) is 2.91. The maximum Gasteiger partial charge on any atom is 0.256 e. The van der Waals surface area contributed by atoms with Gasteiger partial charge >= 0.3 is 0 Å². The highest BCUT2D eigenvalue weighted by Crippen LogP contribution is 2.25. The van der Waals surface area contributed by atoms with Crippen LogP contribution in [0.15, 0.2) is 36.4 Å². The number of nitrogens with two attached hydrogens (primary N) is 1. The van der Waals surface area contributed by atoms with Crippen LogP contribution in [0.25, 0.3) is 0 Å². The molecule has 0 aliphatic heterocycles. The molecule has 1 amide bonds. The highest BCUT2D eigenvalue weighted by Gasteiger charge is 2.15. The predicted molar refractivity (Wildman–Crippen MR) is 79.8 cm³/mol. The van der Waals surface area contributed by atoms with Crippen LogP contribution < -0.4 is 11.1 Å². The van der Waals surface area contributed by atoms with Crippen LogP contribution in [-0.2, 0) is 6.67 Å². The molecule has 0 aliphatic rings. The summed E-state index contributed by atoms with van der Waals surface area (Å²) >= 11 is 5.83. The number of aryl methyl sites for hydroxylation is 1. The SMILES string of the molecule is Cc1ccccc1NC(=O)c1cc(N)c(Cl)cc1CF. The summed E-state index contributed by atoms with van der Waals surface area (Å²) in [6, 6.07) is 10.1. The van der Waals surface area contributed by atoms with Gasteiger partial charge in [-0.05, 0) is 36.2 Å². The zero-order valence-electron chi connectivity index (χ0n) is 10.9. The minimum Gasteiger partial charge on any atom is -0.398 e. The molecule has 3 N–H and O–H groups in total. The second-order valence-electron chi connectivity index (χ2n) is 4.43. The molecule has 0 atom stereocenters. The quantitative estimate of drug-likeness (QED) is 0.842. The largest absolute Gasteiger partial charge is 0.398 e. The van der Waals surface area contributed by atoms with Crippen LogP contribution in [-0.4, -0.2) is 5.91 Å². The van der Waals surface area contributed by atoms with Crippen LogP contribution in [0.1, 0.15) is 21.5 Å². The topological polar surface area (TPSA) is 55.1 Å². The number of amides is 1. The number of nitrogen functional groups attached to an aromatic ring is 1. The molecule has 0 saturated heterocycles. The number of para-hydroxylation sites is 1. The van der Waals surface area contributed by atoms with Crippen LogP contribution in [0.3, 0.4) is 0 Å². The monoisotopic (exact) mass is 292 g/mol. The van der Waals surface area contributed by atoms with Crippen molar-refractivity contribution < 1.29 is 9.18 Å². The summed E-state index contributed by atoms with van der Waals surface area (Å²) in [5.41, 5.74) is 7.93. The van der Waals surface area contributed by atoms with Gasteiger partial charge in [0.2, 0.25) is 0 Å². The van der Waals surface area contributed by atoms with Crippen molar-refractivity contribution in [1.82, 2.24) is 0 Å². The van der Waals surface area contributed by atoms with Crippen molar-refractivity contribution in [3.8, 4) is 0 Å². The first-order valence-corrected chi connectivity index (χ1v) is 6.41. The highest BCUT2D eigenvalue weighted by molar-refractivity contribution is 6.33. The van der Waals surface area contributed by atoms with Gasteiger partial charge in [0, 0.05) is 11.3 Å². The number of alkyl halides is 1. The lowest BCUT2D eigenvalue weighted by Gasteiger charge is -2.11. The Morgan fingerprint density at radius 3 is 2.70 bits per heavy atom. The lowest BCUT2D eigenvalue weighted by molar-refractivity contribution is 0.102. The number of rotatable bonds is 3. The van der Waals surface area contributed by atoms with Crippen molar-refractivity contribution in [2.24, 2.45) is 0 Å². The van der Waals surface area contributed by atoms with Gasteiger partial charge in [-0.25, -0.2) is 4.39 Å². The summed E-state index contributed by atoms with van der Waals surface area (Å²) in [5.74, 6) is -0.407. The third-order valence-corrected chi connectivity index (χ3v) is 3.33. The second kappa shape index (κ2) is 5.92. The number of anilines is 2. The van der Waals surface area contributed by atoms with Gasteiger partial charge in [-0.2, -0.15) is 0 Å². The Balaban J connectivity index is 2.34. The number of carbonyl (C=O) groups excluding carboxylic acids is 1. The second-order valence-corrected chi connectivity index (χ2v) is 4.84. The van der Waals surface area contributed by atoms with Crippen LogP contribution in [0.2, 0.25) is 5.02 Å². The molecule has 0 spiro atoms. The molecule has 5 heteroatoms. The Morgan fingerprint density at radius 1 is 1.35 bits per heavy atom. The number of hydrogen-bond acceptors (Lipinski definition) is 2. The smallest absolute Gasteiger partial charge is 0.256 e. The molecule has 20 heavy (non-hydrogen) atoms. The molecule has 0 saturated carbocycles. The summed E-state index contributed by atoms with van der Waals surface area (Å²) in [7, 11) is 0. The van der Waals surface area contributed by atoms with Gasteiger partial charge in [0.1, 0.15) is 6.67 Å². The summed E-state index contributed by atoms with van der Waals surface area (Å²) in [6.07, 6.45) is 0. The maximum absolute atomic E-state index is 13.0. The van der Waals surface area contributed by atoms with E-state index in [1.165, 1.54) is 12.1 Å². The van der Waals surface area contributed by atoms with E-state index in [0.29, 0.717) is 5.69 Å². The van der Waals surface area contributed by atoms with Crippen LogP contribution >= 0.6 is 11.6 Å². The third-order valence-electron chi connectivity index (χ3n) is 3.00. The molecule has 2 aromatic rings. The van der Waals surface area contributed by atoms with Crippen molar-refractivity contribution in [2.75, 3.05) is 11.1 Å². The predicted octanol–water partition coefficient (Wildman–Crippen LogP) is 3.95. The van der Waals surface area contributed by atoms with Crippen LogP contribution in [0.4, 0.5) is 15.8 Å². The lowest BCUT2D eigenvalue weighted by Crippen LogP contribution is -2.15. The molecule has 0 aliphatic carbocycles. The molecule has 2 rings (SSSR count). The number of benzene rings is 2. The van der Waals surface area contributed by atoms with E-state index < -0.39 is 12.6 Å².